The lowest BCUT2D eigenvalue weighted by atomic mass is 9.94. The number of fused-ring (bicyclic) bond motifs is 2. The first-order valence-electron chi connectivity index (χ1n) is 12.6. The van der Waals surface area contributed by atoms with Gasteiger partial charge in [-0.3, -0.25) is 14.0 Å². The van der Waals surface area contributed by atoms with Crippen molar-refractivity contribution in [2.75, 3.05) is 13.1 Å². The average Bonchev–Trinajstić information content (AvgIpc) is 3.63. The topological polar surface area (TPSA) is 79.6 Å². The van der Waals surface area contributed by atoms with Crippen LogP contribution in [0.4, 0.5) is 8.78 Å². The lowest BCUT2D eigenvalue weighted by molar-refractivity contribution is -0.00609. The zero-order valence-corrected chi connectivity index (χ0v) is 21.8. The molecule has 10 heteroatoms. The second-order valence-electron chi connectivity index (χ2n) is 10.3. The second kappa shape index (κ2) is 9.27. The van der Waals surface area contributed by atoms with Crippen molar-refractivity contribution in [3.63, 3.8) is 0 Å². The van der Waals surface area contributed by atoms with Crippen molar-refractivity contribution in [1.82, 2.24) is 24.6 Å². The number of hydrogen-bond acceptors (Lipinski definition) is 5. The number of amides is 2. The summed E-state index contributed by atoms with van der Waals surface area (Å²) in [6.45, 7) is 4.14. The van der Waals surface area contributed by atoms with Gasteiger partial charge in [0.25, 0.3) is 11.8 Å². The van der Waals surface area contributed by atoms with E-state index >= 15 is 0 Å². The largest absolute Gasteiger partial charge is 0.349 e. The molecule has 0 radical (unpaired) electrons. The predicted octanol–water partition coefficient (Wildman–Crippen LogP) is 4.99. The fourth-order valence-corrected chi connectivity index (χ4v) is 6.88. The summed E-state index contributed by atoms with van der Waals surface area (Å²) in [6, 6.07) is 12.8. The summed E-state index contributed by atoms with van der Waals surface area (Å²) in [5, 5.41) is 3.66. The van der Waals surface area contributed by atoms with Crippen LogP contribution in [0, 0.1) is 25.7 Å². The van der Waals surface area contributed by atoms with Crippen LogP contribution < -0.4 is 5.32 Å². The molecule has 2 aliphatic rings. The fraction of sp³-hybridized carbons (Fsp3) is 0.357. The molecule has 1 saturated heterocycles. The molecule has 3 aromatic heterocycles. The summed E-state index contributed by atoms with van der Waals surface area (Å²) >= 11 is 1.45. The van der Waals surface area contributed by atoms with E-state index in [0.717, 1.165) is 21.0 Å². The van der Waals surface area contributed by atoms with Gasteiger partial charge in [0.2, 0.25) is 5.92 Å². The van der Waals surface area contributed by atoms with E-state index in [-0.39, 0.29) is 43.7 Å². The molecular weight excluding hydrogens is 508 g/mol. The number of likely N-dealkylation sites (tertiary alicyclic amines) is 1. The van der Waals surface area contributed by atoms with E-state index in [1.807, 2.05) is 44.2 Å². The van der Waals surface area contributed by atoms with Crippen LogP contribution in [0.5, 0.6) is 0 Å². The minimum absolute atomic E-state index is 0.0742. The number of benzene rings is 1. The molecule has 1 aliphatic carbocycles. The van der Waals surface area contributed by atoms with Gasteiger partial charge in [0.15, 0.2) is 0 Å². The monoisotopic (exact) mass is 535 g/mol. The maximum Gasteiger partial charge on any atom is 0.274 e. The van der Waals surface area contributed by atoms with Gasteiger partial charge in [0.1, 0.15) is 17.0 Å². The number of rotatable bonds is 5. The number of pyridine rings is 1. The van der Waals surface area contributed by atoms with Crippen LogP contribution in [0.1, 0.15) is 44.4 Å². The molecular formula is C28H27F2N5O2S. The summed E-state index contributed by atoms with van der Waals surface area (Å²) < 4.78 is 30.5. The van der Waals surface area contributed by atoms with Gasteiger partial charge in [-0.15, -0.1) is 11.3 Å². The van der Waals surface area contributed by atoms with Gasteiger partial charge >= 0.3 is 0 Å². The Hall–Kier alpha value is -3.66. The molecule has 1 aromatic carbocycles. The van der Waals surface area contributed by atoms with Gasteiger partial charge < -0.3 is 10.2 Å². The molecule has 1 N–H and O–H groups in total. The molecule has 2 fully saturated rings. The van der Waals surface area contributed by atoms with Crippen LogP contribution in [0.15, 0.2) is 54.9 Å². The van der Waals surface area contributed by atoms with E-state index < -0.39 is 17.9 Å². The Labute approximate surface area is 222 Å². The van der Waals surface area contributed by atoms with Crippen molar-refractivity contribution >= 4 is 28.8 Å². The summed E-state index contributed by atoms with van der Waals surface area (Å²) in [5.74, 6) is -4.14. The molecule has 0 bridgehead atoms. The summed E-state index contributed by atoms with van der Waals surface area (Å²) in [4.78, 5) is 38.3. The normalized spacial score (nSPS) is 22.1. The van der Waals surface area contributed by atoms with Crippen LogP contribution >= 0.6 is 11.3 Å². The minimum Gasteiger partial charge on any atom is -0.349 e. The molecule has 7 nitrogen and oxygen atoms in total. The Morgan fingerprint density at radius 1 is 1.16 bits per heavy atom. The van der Waals surface area contributed by atoms with Gasteiger partial charge in [-0.25, -0.2) is 18.7 Å². The first-order valence-corrected chi connectivity index (χ1v) is 13.5. The summed E-state index contributed by atoms with van der Waals surface area (Å²) in [6.07, 6.45) is 2.69. The molecule has 0 spiro atoms. The third-order valence-corrected chi connectivity index (χ3v) is 8.65. The SMILES string of the molecule is Cc1cccc(-c2sc(C)nc2C(=O)N2C[C@@H]3CC(F)(F)C[C@@H]3[C@H]2CNC(=O)c2cnc3ccccn23)c1. The zero-order valence-electron chi connectivity index (χ0n) is 21.0. The predicted molar refractivity (Wildman–Crippen MR) is 141 cm³/mol. The zero-order chi connectivity index (χ0) is 26.6. The molecule has 196 valence electrons. The van der Waals surface area contributed by atoms with Crippen molar-refractivity contribution in [2.24, 2.45) is 11.8 Å². The van der Waals surface area contributed by atoms with Crippen LogP contribution in [0.3, 0.4) is 0 Å². The van der Waals surface area contributed by atoms with Crippen LogP contribution in [0.2, 0.25) is 0 Å². The maximum atomic E-state index is 14.4. The number of halogens is 2. The Balaban J connectivity index is 1.29. The molecule has 6 rings (SSSR count). The summed E-state index contributed by atoms with van der Waals surface area (Å²) in [7, 11) is 0. The lowest BCUT2D eigenvalue weighted by Crippen LogP contribution is -2.46. The van der Waals surface area contributed by atoms with Crippen molar-refractivity contribution in [1.29, 1.82) is 0 Å². The van der Waals surface area contributed by atoms with Gasteiger partial charge in [-0.2, -0.15) is 0 Å². The van der Waals surface area contributed by atoms with Crippen LogP contribution in [-0.4, -0.2) is 56.1 Å². The Kier molecular flexibility index (Phi) is 6.02. The molecule has 3 atom stereocenters. The third-order valence-electron chi connectivity index (χ3n) is 7.63. The second-order valence-corrected chi connectivity index (χ2v) is 11.5. The number of hydrogen-bond donors (Lipinski definition) is 1. The Morgan fingerprint density at radius 3 is 2.82 bits per heavy atom. The molecule has 1 saturated carbocycles. The highest BCUT2D eigenvalue weighted by atomic mass is 32.1. The number of thiazole rings is 1. The molecule has 2 amide bonds. The van der Waals surface area contributed by atoms with E-state index in [1.54, 1.807) is 27.6 Å². The molecule has 4 heterocycles. The highest BCUT2D eigenvalue weighted by molar-refractivity contribution is 7.15. The standard InChI is InChI=1S/C28H27F2N5O2S/c1-16-6-5-7-18(10-16)25-24(33-17(2)38-25)27(37)35-15-19-11-28(29,30)12-20(19)21(35)13-32-26(36)22-14-31-23-8-3-4-9-34(22)23/h3-10,14,19-21H,11-13,15H2,1-2H3,(H,32,36)/t19-,20-,21+/m0/s1. The van der Waals surface area contributed by atoms with Crippen LogP contribution in [-0.2, 0) is 0 Å². The van der Waals surface area contributed by atoms with E-state index in [4.69, 9.17) is 0 Å². The number of carbonyl (C=O) groups is 2. The van der Waals surface area contributed by atoms with Gasteiger partial charge in [-0.1, -0.05) is 35.9 Å². The number of carbonyl (C=O) groups excluding carboxylic acids is 2. The molecule has 1 aliphatic heterocycles. The summed E-state index contributed by atoms with van der Waals surface area (Å²) in [5.41, 5.74) is 3.29. The first-order chi connectivity index (χ1) is 18.2. The third kappa shape index (κ3) is 4.36. The Bertz CT molecular complexity index is 1550. The first kappa shape index (κ1) is 24.7. The van der Waals surface area contributed by atoms with Crippen molar-refractivity contribution in [3.05, 3.63) is 76.8 Å². The van der Waals surface area contributed by atoms with Crippen molar-refractivity contribution < 1.29 is 18.4 Å². The number of aryl methyl sites for hydroxylation is 2. The molecule has 38 heavy (non-hydrogen) atoms. The smallest absolute Gasteiger partial charge is 0.274 e. The average molecular weight is 536 g/mol. The van der Waals surface area contributed by atoms with E-state index in [9.17, 15) is 18.4 Å². The maximum absolute atomic E-state index is 14.4. The van der Waals surface area contributed by atoms with Gasteiger partial charge in [-0.05, 0) is 43.4 Å². The van der Waals surface area contributed by atoms with E-state index in [0.29, 0.717) is 17.0 Å². The highest BCUT2D eigenvalue weighted by Crippen LogP contribution is 2.50. The lowest BCUT2D eigenvalue weighted by Gasteiger charge is -2.29. The number of aromatic nitrogens is 3. The number of imidazole rings is 1. The van der Waals surface area contributed by atoms with Gasteiger partial charge in [0.05, 0.1) is 22.1 Å². The van der Waals surface area contributed by atoms with Crippen molar-refractivity contribution in [3.8, 4) is 10.4 Å². The van der Waals surface area contributed by atoms with Gasteiger partial charge in [0, 0.05) is 32.1 Å². The molecule has 0 unspecified atom stereocenters. The van der Waals surface area contributed by atoms with E-state index in [1.165, 1.54) is 17.5 Å². The van der Waals surface area contributed by atoms with Crippen LogP contribution in [0.25, 0.3) is 16.1 Å². The highest BCUT2D eigenvalue weighted by Gasteiger charge is 2.56. The van der Waals surface area contributed by atoms with E-state index in [2.05, 4.69) is 15.3 Å². The minimum atomic E-state index is -2.77. The quantitative estimate of drug-likeness (QED) is 0.391. The number of nitrogens with zero attached hydrogens (tertiary/aromatic N) is 4. The molecule has 4 aromatic rings. The fourth-order valence-electron chi connectivity index (χ4n) is 5.97. The number of alkyl halides is 2. The number of nitrogens with one attached hydrogen (secondary N) is 1. The Morgan fingerprint density at radius 2 is 2.00 bits per heavy atom. The van der Waals surface area contributed by atoms with Crippen molar-refractivity contribution in [2.45, 2.75) is 38.7 Å².